The molecule has 10 fully saturated rings. The van der Waals surface area contributed by atoms with Crippen LogP contribution in [0.15, 0.2) is 72.8 Å². The average Bonchev–Trinajstić information content (AvgIpc) is 1.57. The van der Waals surface area contributed by atoms with Gasteiger partial charge < -0.3 is 38.2 Å². The molecule has 4 amide bonds. The Kier molecular flexibility index (Phi) is 24.8. The zero-order valence-electron chi connectivity index (χ0n) is 67.4. The van der Waals surface area contributed by atoms with Gasteiger partial charge in [0.1, 0.15) is 24.4 Å². The number of Topliss-reactive ketones (excluding diaryl/α,β-unsaturated/α-hetero) is 2. The van der Waals surface area contributed by atoms with E-state index in [2.05, 4.69) is 33.3 Å². The molecule has 8 aliphatic carbocycles. The van der Waals surface area contributed by atoms with Gasteiger partial charge in [-0.25, -0.2) is 16.8 Å². The van der Waals surface area contributed by atoms with Crippen LogP contribution >= 0.6 is 23.2 Å². The molecule has 16 rings (SSSR count). The van der Waals surface area contributed by atoms with Crippen LogP contribution in [-0.2, 0) is 67.9 Å². The van der Waals surface area contributed by atoms with Gasteiger partial charge >= 0.3 is 11.9 Å². The number of nitrogens with one attached hydrogen (secondary N) is 2. The Hall–Kier alpha value is -7.42. The normalized spacial score (nSPS) is 34.2. The zero-order valence-corrected chi connectivity index (χ0v) is 70.5. The summed E-state index contributed by atoms with van der Waals surface area (Å²) in [7, 11) is -7.72. The van der Waals surface area contributed by atoms with Gasteiger partial charge in [0.15, 0.2) is 11.6 Å². The molecule has 28 heteroatoms. The SMILES string of the molecule is CCCOc1cc2c(Cl)cccc2c(O[C@@H]2C[C@H]3C(=O)C[C@]4(C(=O)NS(=O)(=O)C5CC5)C[C@H]4/C=C\CC[C@@H](C)C[C@@H](C)[C@H](CC(=O)OC4C[C@@H]5C[C@@H]5C4)C(=O)N3C2)n1.CCCOc1cc2c(Cl)cccc2c(O[C@@H]2C[C@H]3C(=O)C[C@]4(C(=O)NS(=O)(=O)C5CC5)C[C@H]4/C=C\CC[C@H](C)C[C@@H](C)[C@H](CC(=O)OC4C[C@@H]5C[C@@H]5C4)C(=O)N3C2)n1. The minimum atomic E-state index is -3.86. The predicted molar refractivity (Wildman–Crippen MR) is 435 cm³/mol. The molecule has 2 aromatic carbocycles. The summed E-state index contributed by atoms with van der Waals surface area (Å²) < 4.78 is 93.5. The number of ketones is 2. The van der Waals surface area contributed by atoms with Crippen molar-refractivity contribution in [3.63, 3.8) is 0 Å². The maximum atomic E-state index is 15.0. The number of hydrogen-bond donors (Lipinski definition) is 2. The van der Waals surface area contributed by atoms with Gasteiger partial charge in [-0.3, -0.25) is 47.8 Å². The second-order valence-corrected chi connectivity index (χ2v) is 41.1. The van der Waals surface area contributed by atoms with Crippen LogP contribution in [0.1, 0.15) is 208 Å². The number of aromatic nitrogens is 2. The second-order valence-electron chi connectivity index (χ2n) is 36.4. The topological polar surface area (TPSA) is 317 Å². The summed E-state index contributed by atoms with van der Waals surface area (Å²) in [5.41, 5.74) is -2.51. The minimum Gasteiger partial charge on any atom is -0.478 e. The molecule has 116 heavy (non-hydrogen) atoms. The van der Waals surface area contributed by atoms with E-state index in [1.54, 1.807) is 46.2 Å². The van der Waals surface area contributed by atoms with E-state index >= 15 is 9.59 Å². The maximum Gasteiger partial charge on any atom is 0.306 e. The van der Waals surface area contributed by atoms with Gasteiger partial charge in [0.2, 0.25) is 67.2 Å². The van der Waals surface area contributed by atoms with Gasteiger partial charge in [-0.2, -0.15) is 9.97 Å². The first-order chi connectivity index (χ1) is 55.5. The number of hydrogen-bond acceptors (Lipinski definition) is 20. The standard InChI is InChI=1S/2C44H56ClN3O9S/c2*1-4-14-55-39-20-35-33(10-7-11-36(35)45)41(46-39)57-31-19-37-38(49)23-44(43(52)47-58(53,54)32-12-13-32)22-29(44)9-6-5-8-25(2)15-26(3)34(42(51)48(37)24-31)21-40(50)56-30-17-27-16-28(27)18-30/h2*6-7,9-11,20,25-32,34,37H,4-5,8,12-19,21-24H2,1-3H3,(H,47,52)/b2*9-6-/t25-,26+,27-,28+,29+,30?,31+,34-,37-,44+;25-,26-,27-,28+,29-,30?,31-,34+,37+,44-/m01/s1. The lowest BCUT2D eigenvalue weighted by Gasteiger charge is -2.32. The number of halogens is 2. The molecule has 4 aromatic rings. The smallest absolute Gasteiger partial charge is 0.306 e. The Morgan fingerprint density at radius 3 is 1.27 bits per heavy atom. The summed E-state index contributed by atoms with van der Waals surface area (Å²) in [6.07, 6.45) is 20.4. The third-order valence-electron chi connectivity index (χ3n) is 27.1. The molecule has 0 spiro atoms. The molecule has 8 saturated carbocycles. The van der Waals surface area contributed by atoms with Gasteiger partial charge in [-0.05, 0) is 212 Å². The Balaban J connectivity index is 0.000000182. The van der Waals surface area contributed by atoms with E-state index in [0.29, 0.717) is 132 Å². The number of carbonyl (C=O) groups is 8. The van der Waals surface area contributed by atoms with Crippen LogP contribution in [0, 0.1) is 81.8 Å². The first kappa shape index (κ1) is 83.6. The highest BCUT2D eigenvalue weighted by Crippen LogP contribution is 2.60. The molecule has 0 radical (unpaired) electrons. The molecule has 2 N–H and O–H groups in total. The third kappa shape index (κ3) is 18.9. The Labute approximate surface area is 690 Å². The molecule has 4 aliphatic heterocycles. The van der Waals surface area contributed by atoms with Crippen LogP contribution < -0.4 is 28.4 Å². The molecule has 628 valence electrons. The third-order valence-corrected chi connectivity index (χ3v) is 31.4. The molecule has 12 aliphatic rings. The number of pyridine rings is 2. The van der Waals surface area contributed by atoms with E-state index in [1.165, 1.54) is 12.8 Å². The molecule has 2 aromatic heterocycles. The van der Waals surface area contributed by atoms with Crippen molar-refractivity contribution in [1.82, 2.24) is 29.2 Å². The fourth-order valence-electron chi connectivity index (χ4n) is 19.7. The summed E-state index contributed by atoms with van der Waals surface area (Å²) in [5, 5.41) is 2.43. The van der Waals surface area contributed by atoms with Crippen molar-refractivity contribution in [1.29, 1.82) is 0 Å². The molecular weight excluding hydrogens is 1560 g/mol. The summed E-state index contributed by atoms with van der Waals surface area (Å²) in [6, 6.07) is 12.4. The number of rotatable bonds is 22. The van der Waals surface area contributed by atoms with Crippen LogP contribution in [0.25, 0.3) is 21.5 Å². The summed E-state index contributed by atoms with van der Waals surface area (Å²) >= 11 is 13.3. The summed E-state index contributed by atoms with van der Waals surface area (Å²) in [4.78, 5) is 127. The van der Waals surface area contributed by atoms with E-state index in [-0.39, 0.29) is 134 Å². The second kappa shape index (κ2) is 34.4. The van der Waals surface area contributed by atoms with Gasteiger partial charge in [0.05, 0.1) is 84.4 Å². The molecule has 2 unspecified atom stereocenters. The Morgan fingerprint density at radius 2 is 0.897 bits per heavy atom. The summed E-state index contributed by atoms with van der Waals surface area (Å²) in [5.74, 6) is -1.89. The highest BCUT2D eigenvalue weighted by Gasteiger charge is 2.64. The van der Waals surface area contributed by atoms with E-state index in [0.717, 1.165) is 64.2 Å². The van der Waals surface area contributed by atoms with Gasteiger partial charge in [-0.1, -0.05) is 101 Å². The molecule has 6 heterocycles. The predicted octanol–water partition coefficient (Wildman–Crippen LogP) is 13.9. The lowest BCUT2D eigenvalue weighted by Crippen LogP contribution is -2.47. The lowest BCUT2D eigenvalue weighted by molar-refractivity contribution is -0.155. The number of sulfonamides is 2. The zero-order chi connectivity index (χ0) is 81.9. The largest absolute Gasteiger partial charge is 0.478 e. The number of nitrogens with zero attached hydrogens (tertiary/aromatic N) is 4. The van der Waals surface area contributed by atoms with E-state index in [1.807, 2.05) is 64.1 Å². The van der Waals surface area contributed by atoms with Crippen LogP contribution in [0.4, 0.5) is 0 Å². The lowest BCUT2D eigenvalue weighted by atomic mass is 9.82. The van der Waals surface area contributed by atoms with Gasteiger partial charge in [0.25, 0.3) is 0 Å². The number of ether oxygens (including phenoxy) is 6. The number of amides is 4. The van der Waals surface area contributed by atoms with Crippen molar-refractivity contribution in [2.75, 3.05) is 26.3 Å². The molecule has 20 atom stereocenters. The van der Waals surface area contributed by atoms with Gasteiger partial charge in [0, 0.05) is 69.4 Å². The van der Waals surface area contributed by atoms with E-state index < -0.39 is 101 Å². The van der Waals surface area contributed by atoms with Crippen molar-refractivity contribution in [3.05, 3.63) is 82.9 Å². The van der Waals surface area contributed by atoms with Crippen LogP contribution in [0.2, 0.25) is 10.0 Å². The quantitative estimate of drug-likeness (QED) is 0.0545. The summed E-state index contributed by atoms with van der Waals surface area (Å²) in [6.45, 7) is 13.2. The van der Waals surface area contributed by atoms with Crippen LogP contribution in [0.3, 0.4) is 0 Å². The Bertz CT molecular complexity index is 4450. The van der Waals surface area contributed by atoms with E-state index in [4.69, 9.17) is 51.6 Å². The van der Waals surface area contributed by atoms with Crippen LogP contribution in [-0.4, -0.2) is 157 Å². The fraction of sp³-hybridized carbons (Fsp3) is 0.659. The highest BCUT2D eigenvalue weighted by molar-refractivity contribution is 7.91. The number of esters is 2. The molecule has 24 nitrogen and oxygen atoms in total. The van der Waals surface area contributed by atoms with Crippen molar-refractivity contribution < 1.29 is 83.6 Å². The average molecular weight is 1680 g/mol. The fourth-order valence-corrected chi connectivity index (χ4v) is 23.0. The van der Waals surface area contributed by atoms with Gasteiger partial charge in [-0.15, -0.1) is 0 Å². The minimum absolute atomic E-state index is 0.0391. The molecule has 2 saturated heterocycles. The highest BCUT2D eigenvalue weighted by atomic mass is 35.5. The van der Waals surface area contributed by atoms with Crippen LogP contribution in [0.5, 0.6) is 23.5 Å². The Morgan fingerprint density at radius 1 is 0.509 bits per heavy atom. The molecule has 0 bridgehead atoms. The first-order valence-corrected chi connectivity index (χ1v) is 46.6. The first-order valence-electron chi connectivity index (χ1n) is 42.8. The number of benzene rings is 2. The monoisotopic (exact) mass is 1670 g/mol. The number of allylic oxidation sites excluding steroid dienone is 4. The van der Waals surface area contributed by atoms with Crippen molar-refractivity contribution in [2.24, 2.45) is 81.8 Å². The maximum absolute atomic E-state index is 15.0. The molecular formula is C88H112Cl2N6O18S2. The van der Waals surface area contributed by atoms with Crippen molar-refractivity contribution >= 4 is 112 Å². The number of carbonyl (C=O) groups excluding carboxylic acids is 8. The van der Waals surface area contributed by atoms with Crippen molar-refractivity contribution in [3.8, 4) is 23.5 Å². The van der Waals surface area contributed by atoms with Crippen molar-refractivity contribution in [2.45, 2.75) is 255 Å². The van der Waals surface area contributed by atoms with E-state index in [9.17, 15) is 45.6 Å². The number of fused-ring (bicyclic) bond motifs is 8.